The first kappa shape index (κ1) is 40.5. The van der Waals surface area contributed by atoms with Crippen molar-refractivity contribution in [1.82, 2.24) is 20.5 Å². The molecule has 302 valence electrons. The highest BCUT2D eigenvalue weighted by atomic mass is 19.4. The van der Waals surface area contributed by atoms with Crippen LogP contribution in [0.2, 0.25) is 0 Å². The Morgan fingerprint density at radius 2 is 1.88 bits per heavy atom. The van der Waals surface area contributed by atoms with Gasteiger partial charge in [0.1, 0.15) is 29.0 Å². The number of carbonyl (C=O) groups is 5. The summed E-state index contributed by atoms with van der Waals surface area (Å²) in [5, 5.41) is 5.80. The molecule has 56 heavy (non-hydrogen) atoms. The standard InChI is InChI=1S/C40H47F3N4O9/c1-6-53-35(51)39-17-16-24(39)12-10-8-7-9-11-13-28(45-36(52)56-37(3,4)5)34(50)47-21-38(19-29(47)33(49)46-39)20-30(48)31-26-18-25(54-22-40(41,42)43)14-15-27(26)44-23(2)32(31)55-38/h10,12,14-18,24,28-29H,6-9,11,13,19-22H2,1-5H3,(H,45,52)(H,46,49)/b12-10-/t24-,28+,29+,38+,39-/m1/s1. The summed E-state index contributed by atoms with van der Waals surface area (Å²) in [5.41, 5.74) is -3.14. The lowest BCUT2D eigenvalue weighted by molar-refractivity contribution is -0.154. The van der Waals surface area contributed by atoms with Gasteiger partial charge in [0.2, 0.25) is 11.8 Å². The van der Waals surface area contributed by atoms with Gasteiger partial charge in [-0.25, -0.2) is 14.6 Å². The topological polar surface area (TPSA) is 162 Å². The van der Waals surface area contributed by atoms with Gasteiger partial charge in [0, 0.05) is 17.7 Å². The number of nitrogens with one attached hydrogen (secondary N) is 2. The lowest BCUT2D eigenvalue weighted by Gasteiger charge is -2.41. The van der Waals surface area contributed by atoms with Crippen LogP contribution in [-0.4, -0.2) is 94.3 Å². The average Bonchev–Trinajstić information content (AvgIpc) is 3.46. The van der Waals surface area contributed by atoms with Crippen molar-refractivity contribution in [2.45, 2.75) is 115 Å². The molecular formula is C40H47F3N4O9. The molecule has 3 aliphatic heterocycles. The number of esters is 1. The van der Waals surface area contributed by atoms with Crippen molar-refractivity contribution >= 4 is 40.6 Å². The van der Waals surface area contributed by atoms with Crippen molar-refractivity contribution < 1.29 is 56.1 Å². The van der Waals surface area contributed by atoms with Crippen molar-refractivity contribution in [3.8, 4) is 11.5 Å². The summed E-state index contributed by atoms with van der Waals surface area (Å²) in [6.07, 6.45) is 4.20. The summed E-state index contributed by atoms with van der Waals surface area (Å²) in [4.78, 5) is 75.8. The second-order valence-electron chi connectivity index (χ2n) is 15.8. The largest absolute Gasteiger partial charge is 0.484 e. The predicted molar refractivity (Wildman–Crippen MR) is 196 cm³/mol. The molecule has 2 N–H and O–H groups in total. The van der Waals surface area contributed by atoms with E-state index in [4.69, 9.17) is 18.9 Å². The number of pyridine rings is 1. The lowest BCUT2D eigenvalue weighted by atomic mass is 9.73. The number of hydrogen-bond donors (Lipinski definition) is 2. The molecule has 1 fully saturated rings. The number of allylic oxidation sites excluding steroid dienone is 1. The number of alkyl halides is 3. The zero-order valence-electron chi connectivity index (χ0n) is 32.0. The Labute approximate surface area is 322 Å². The third kappa shape index (κ3) is 8.48. The van der Waals surface area contributed by atoms with Crippen LogP contribution in [0.4, 0.5) is 18.0 Å². The van der Waals surface area contributed by atoms with Gasteiger partial charge in [0.25, 0.3) is 0 Å². The molecular weight excluding hydrogens is 737 g/mol. The van der Waals surface area contributed by atoms with Crippen LogP contribution in [0.1, 0.15) is 88.7 Å². The van der Waals surface area contributed by atoms with Crippen LogP contribution in [0.3, 0.4) is 0 Å². The molecule has 6 rings (SSSR count). The number of aryl methyl sites for hydroxylation is 1. The Hall–Kier alpha value is -5.15. The van der Waals surface area contributed by atoms with Crippen LogP contribution < -0.4 is 20.1 Å². The third-order valence-corrected chi connectivity index (χ3v) is 10.3. The quantitative estimate of drug-likeness (QED) is 0.280. The second-order valence-corrected chi connectivity index (χ2v) is 15.8. The highest BCUT2D eigenvalue weighted by molar-refractivity contribution is 6.11. The number of ketones is 1. The van der Waals surface area contributed by atoms with Crippen LogP contribution in [0.25, 0.3) is 10.9 Å². The van der Waals surface area contributed by atoms with E-state index < -0.39 is 77.2 Å². The van der Waals surface area contributed by atoms with E-state index in [1.54, 1.807) is 46.8 Å². The van der Waals surface area contributed by atoms with E-state index in [9.17, 15) is 37.1 Å². The fraction of sp³-hybridized carbons (Fsp3) is 0.550. The van der Waals surface area contributed by atoms with Gasteiger partial charge >= 0.3 is 18.2 Å². The Kier molecular flexibility index (Phi) is 11.2. The fourth-order valence-corrected chi connectivity index (χ4v) is 7.72. The first-order valence-electron chi connectivity index (χ1n) is 18.8. The van der Waals surface area contributed by atoms with Crippen LogP contribution in [0.15, 0.2) is 42.5 Å². The maximum Gasteiger partial charge on any atom is 0.422 e. The van der Waals surface area contributed by atoms with Gasteiger partial charge < -0.3 is 34.5 Å². The molecule has 0 saturated carbocycles. The molecule has 16 heteroatoms. The molecule has 1 aromatic carbocycles. The number of carbonyl (C=O) groups excluding carboxylic acids is 5. The summed E-state index contributed by atoms with van der Waals surface area (Å²) in [6, 6.07) is 1.71. The van der Waals surface area contributed by atoms with E-state index >= 15 is 0 Å². The van der Waals surface area contributed by atoms with Crippen molar-refractivity contribution in [1.29, 1.82) is 0 Å². The molecule has 2 aromatic rings. The van der Waals surface area contributed by atoms with Gasteiger partial charge in [0.05, 0.1) is 36.3 Å². The summed E-state index contributed by atoms with van der Waals surface area (Å²) >= 11 is 0. The zero-order chi connectivity index (χ0) is 40.6. The maximum absolute atomic E-state index is 14.7. The van der Waals surface area contributed by atoms with E-state index in [2.05, 4.69) is 15.6 Å². The molecule has 1 spiro atoms. The Morgan fingerprint density at radius 1 is 1.11 bits per heavy atom. The normalized spacial score (nSPS) is 27.4. The van der Waals surface area contributed by atoms with Gasteiger partial charge in [0.15, 0.2) is 23.7 Å². The Bertz CT molecular complexity index is 1980. The van der Waals surface area contributed by atoms with Crippen molar-refractivity contribution in [2.24, 2.45) is 5.92 Å². The minimum Gasteiger partial charge on any atom is -0.484 e. The highest BCUT2D eigenvalue weighted by Crippen LogP contribution is 2.45. The fourth-order valence-electron chi connectivity index (χ4n) is 7.72. The summed E-state index contributed by atoms with van der Waals surface area (Å²) < 4.78 is 61.3. The number of alkyl carbamates (subject to hydrolysis) is 1. The van der Waals surface area contributed by atoms with E-state index in [1.807, 2.05) is 12.2 Å². The van der Waals surface area contributed by atoms with Gasteiger partial charge in [-0.1, -0.05) is 37.1 Å². The molecule has 1 saturated heterocycles. The Morgan fingerprint density at radius 3 is 2.55 bits per heavy atom. The molecule has 3 amide bonds. The molecule has 1 aliphatic carbocycles. The van der Waals surface area contributed by atoms with Crippen LogP contribution in [0, 0.1) is 12.8 Å². The summed E-state index contributed by atoms with van der Waals surface area (Å²) in [7, 11) is 0. The third-order valence-electron chi connectivity index (χ3n) is 10.3. The maximum atomic E-state index is 14.7. The van der Waals surface area contributed by atoms with Gasteiger partial charge in [-0.3, -0.25) is 14.4 Å². The predicted octanol–water partition coefficient (Wildman–Crippen LogP) is 5.81. The molecule has 1 aromatic heterocycles. The van der Waals surface area contributed by atoms with Gasteiger partial charge in [-0.15, -0.1) is 0 Å². The molecule has 0 radical (unpaired) electrons. The zero-order valence-corrected chi connectivity index (χ0v) is 32.0. The number of hydrogen-bond acceptors (Lipinski definition) is 10. The number of ether oxygens (including phenoxy) is 4. The van der Waals surface area contributed by atoms with E-state index in [-0.39, 0.29) is 54.9 Å². The van der Waals surface area contributed by atoms with Crippen molar-refractivity contribution in [2.75, 3.05) is 19.8 Å². The number of fused-ring (bicyclic) bond motifs is 5. The molecule has 5 atom stereocenters. The number of halogens is 3. The van der Waals surface area contributed by atoms with Gasteiger partial charge in [-0.2, -0.15) is 13.2 Å². The van der Waals surface area contributed by atoms with E-state index in [0.717, 1.165) is 12.8 Å². The van der Waals surface area contributed by atoms with Crippen molar-refractivity contribution in [3.05, 3.63) is 53.8 Å². The smallest absolute Gasteiger partial charge is 0.422 e. The van der Waals surface area contributed by atoms with Crippen molar-refractivity contribution in [3.63, 3.8) is 0 Å². The minimum absolute atomic E-state index is 0.0588. The van der Waals surface area contributed by atoms with Crippen LogP contribution >= 0.6 is 0 Å². The minimum atomic E-state index is -4.58. The average molecular weight is 785 g/mol. The molecule has 0 bridgehead atoms. The number of Topliss-reactive ketones (excluding diaryl/α,β-unsaturated/α-hetero) is 1. The first-order valence-corrected chi connectivity index (χ1v) is 18.8. The summed E-state index contributed by atoms with van der Waals surface area (Å²) in [6.45, 7) is 6.62. The van der Waals surface area contributed by atoms with E-state index in [0.29, 0.717) is 24.1 Å². The number of rotatable bonds is 5. The molecule has 4 heterocycles. The molecule has 13 nitrogen and oxygen atoms in total. The lowest BCUT2D eigenvalue weighted by Crippen LogP contribution is -2.65. The first-order chi connectivity index (χ1) is 26.3. The molecule has 4 aliphatic rings. The summed E-state index contributed by atoms with van der Waals surface area (Å²) in [5.74, 6) is -2.99. The monoisotopic (exact) mass is 784 g/mol. The number of amides is 3. The second kappa shape index (κ2) is 15.4. The SMILES string of the molecule is CCOC(=O)[C@@]12C=C[C@H]1/C=C\CCCCC[C@H](NC(=O)OC(C)(C)C)C(=O)N1C[C@@]3(CC(=O)c4c(c(C)nc5ccc(OCC(F)(F)F)cc45)O3)C[C@H]1C(=O)N2. The number of benzene rings is 1. The highest BCUT2D eigenvalue weighted by Gasteiger charge is 2.57. The molecule has 0 unspecified atom stereocenters. The number of nitrogens with zero attached hydrogens (tertiary/aromatic N) is 2. The number of aromatic nitrogens is 1. The van der Waals surface area contributed by atoms with Gasteiger partial charge in [-0.05, 0) is 72.1 Å². The Balaban J connectivity index is 1.39. The van der Waals surface area contributed by atoms with E-state index in [1.165, 1.54) is 23.1 Å². The van der Waals surface area contributed by atoms with Crippen LogP contribution in [0.5, 0.6) is 11.5 Å². The van der Waals surface area contributed by atoms with Crippen LogP contribution in [-0.2, 0) is 23.9 Å².